The van der Waals surface area contributed by atoms with Crippen molar-refractivity contribution in [1.82, 2.24) is 4.98 Å². The van der Waals surface area contributed by atoms with Crippen LogP contribution in [0.5, 0.6) is 11.5 Å². The standard InChI is InChI=1S/C19H19NO2S/c1-13-11-16(9-10-17(13)21-3)22-12-18-20-19(14(2)23-18)15-7-5-4-6-8-15/h4-11H,12H2,1-3H3. The molecule has 118 valence electrons. The highest BCUT2D eigenvalue weighted by Gasteiger charge is 2.10. The van der Waals surface area contributed by atoms with E-state index in [9.17, 15) is 0 Å². The maximum Gasteiger partial charge on any atom is 0.140 e. The summed E-state index contributed by atoms with van der Waals surface area (Å²) < 4.78 is 11.1. The minimum Gasteiger partial charge on any atom is -0.496 e. The van der Waals surface area contributed by atoms with Crippen LogP contribution in [0.2, 0.25) is 0 Å². The number of hydrogen-bond acceptors (Lipinski definition) is 4. The van der Waals surface area contributed by atoms with E-state index in [4.69, 9.17) is 14.5 Å². The van der Waals surface area contributed by atoms with Crippen LogP contribution in [0.3, 0.4) is 0 Å². The van der Waals surface area contributed by atoms with E-state index in [1.54, 1.807) is 18.4 Å². The number of ether oxygens (including phenoxy) is 2. The van der Waals surface area contributed by atoms with Crippen molar-refractivity contribution in [1.29, 1.82) is 0 Å². The van der Waals surface area contributed by atoms with Crippen LogP contribution >= 0.6 is 11.3 Å². The fourth-order valence-corrected chi connectivity index (χ4v) is 3.33. The zero-order chi connectivity index (χ0) is 16.2. The second-order valence-corrected chi connectivity index (χ2v) is 6.59. The van der Waals surface area contributed by atoms with Crippen LogP contribution in [0.4, 0.5) is 0 Å². The van der Waals surface area contributed by atoms with Gasteiger partial charge in [-0.15, -0.1) is 11.3 Å². The smallest absolute Gasteiger partial charge is 0.140 e. The van der Waals surface area contributed by atoms with Crippen molar-refractivity contribution in [3.8, 4) is 22.8 Å². The van der Waals surface area contributed by atoms with E-state index >= 15 is 0 Å². The molecule has 23 heavy (non-hydrogen) atoms. The molecule has 2 aromatic carbocycles. The summed E-state index contributed by atoms with van der Waals surface area (Å²) in [6.45, 7) is 4.58. The number of hydrogen-bond donors (Lipinski definition) is 0. The molecule has 0 aliphatic rings. The Morgan fingerprint density at radius 3 is 2.52 bits per heavy atom. The lowest BCUT2D eigenvalue weighted by atomic mass is 10.1. The number of aromatic nitrogens is 1. The topological polar surface area (TPSA) is 31.4 Å². The van der Waals surface area contributed by atoms with E-state index < -0.39 is 0 Å². The molecule has 0 saturated carbocycles. The summed E-state index contributed by atoms with van der Waals surface area (Å²) >= 11 is 1.68. The van der Waals surface area contributed by atoms with Crippen LogP contribution in [0, 0.1) is 13.8 Å². The zero-order valence-electron chi connectivity index (χ0n) is 13.5. The molecule has 0 spiro atoms. The molecular formula is C19H19NO2S. The minimum absolute atomic E-state index is 0.476. The van der Waals surface area contributed by atoms with Crippen LogP contribution in [0.15, 0.2) is 48.5 Å². The molecule has 0 radical (unpaired) electrons. The molecule has 0 saturated heterocycles. The molecule has 0 atom stereocenters. The highest BCUT2D eigenvalue weighted by atomic mass is 32.1. The fraction of sp³-hybridized carbons (Fsp3) is 0.211. The quantitative estimate of drug-likeness (QED) is 0.660. The van der Waals surface area contributed by atoms with Gasteiger partial charge in [-0.2, -0.15) is 0 Å². The molecule has 1 heterocycles. The van der Waals surface area contributed by atoms with E-state index in [2.05, 4.69) is 19.1 Å². The van der Waals surface area contributed by atoms with Crippen molar-refractivity contribution in [2.45, 2.75) is 20.5 Å². The number of benzene rings is 2. The monoisotopic (exact) mass is 325 g/mol. The lowest BCUT2D eigenvalue weighted by Crippen LogP contribution is -1.96. The Morgan fingerprint density at radius 2 is 1.83 bits per heavy atom. The number of rotatable bonds is 5. The Kier molecular flexibility index (Phi) is 4.63. The first-order valence-corrected chi connectivity index (χ1v) is 8.28. The number of methoxy groups -OCH3 is 1. The highest BCUT2D eigenvalue weighted by Crippen LogP contribution is 2.29. The van der Waals surface area contributed by atoms with Crippen LogP contribution in [-0.2, 0) is 6.61 Å². The summed E-state index contributed by atoms with van der Waals surface area (Å²) in [6, 6.07) is 16.1. The van der Waals surface area contributed by atoms with Crippen LogP contribution in [0.1, 0.15) is 15.4 Å². The second-order valence-electron chi connectivity index (χ2n) is 5.30. The maximum atomic E-state index is 5.87. The van der Waals surface area contributed by atoms with Gasteiger partial charge in [0.2, 0.25) is 0 Å². The van der Waals surface area contributed by atoms with Crippen LogP contribution in [-0.4, -0.2) is 12.1 Å². The summed E-state index contributed by atoms with van der Waals surface area (Å²) in [6.07, 6.45) is 0. The SMILES string of the molecule is COc1ccc(OCc2nc(-c3ccccc3)c(C)s2)cc1C. The van der Waals surface area contributed by atoms with Crippen molar-refractivity contribution in [2.75, 3.05) is 7.11 Å². The molecular weight excluding hydrogens is 306 g/mol. The predicted octanol–water partition coefficient (Wildman–Crippen LogP) is 5.01. The lowest BCUT2D eigenvalue weighted by molar-refractivity contribution is 0.304. The van der Waals surface area contributed by atoms with E-state index in [0.717, 1.165) is 33.3 Å². The molecule has 3 nitrogen and oxygen atoms in total. The van der Waals surface area contributed by atoms with Crippen LogP contribution in [0.25, 0.3) is 11.3 Å². The molecule has 1 aromatic heterocycles. The number of nitrogens with zero attached hydrogens (tertiary/aromatic N) is 1. The molecule has 3 aromatic rings. The van der Waals surface area contributed by atoms with Gasteiger partial charge in [0.1, 0.15) is 23.1 Å². The third-order valence-electron chi connectivity index (χ3n) is 3.62. The first kappa shape index (κ1) is 15.6. The summed E-state index contributed by atoms with van der Waals surface area (Å²) in [4.78, 5) is 5.93. The minimum atomic E-state index is 0.476. The van der Waals surface area contributed by atoms with E-state index in [-0.39, 0.29) is 0 Å². The Balaban J connectivity index is 1.73. The Bertz CT molecular complexity index is 796. The van der Waals surface area contributed by atoms with E-state index in [0.29, 0.717) is 6.61 Å². The molecule has 0 bridgehead atoms. The lowest BCUT2D eigenvalue weighted by Gasteiger charge is -2.08. The molecule has 3 rings (SSSR count). The number of thiazole rings is 1. The maximum absolute atomic E-state index is 5.87. The zero-order valence-corrected chi connectivity index (χ0v) is 14.3. The molecule has 4 heteroatoms. The van der Waals surface area contributed by atoms with Crippen molar-refractivity contribution >= 4 is 11.3 Å². The molecule has 0 N–H and O–H groups in total. The van der Waals surface area contributed by atoms with E-state index in [1.165, 1.54) is 4.88 Å². The average molecular weight is 325 g/mol. The van der Waals surface area contributed by atoms with Crippen LogP contribution < -0.4 is 9.47 Å². The Labute approximate surface area is 140 Å². The van der Waals surface area contributed by atoms with Gasteiger partial charge in [0.25, 0.3) is 0 Å². The summed E-state index contributed by atoms with van der Waals surface area (Å²) in [5.74, 6) is 1.70. The first-order valence-electron chi connectivity index (χ1n) is 7.46. The normalized spacial score (nSPS) is 10.6. The highest BCUT2D eigenvalue weighted by molar-refractivity contribution is 7.12. The van der Waals surface area contributed by atoms with Crippen molar-refractivity contribution in [3.05, 3.63) is 64.0 Å². The summed E-state index contributed by atoms with van der Waals surface area (Å²) in [7, 11) is 1.67. The average Bonchev–Trinajstić information content (AvgIpc) is 2.95. The summed E-state index contributed by atoms with van der Waals surface area (Å²) in [5.41, 5.74) is 3.25. The Morgan fingerprint density at radius 1 is 1.04 bits per heavy atom. The second kappa shape index (κ2) is 6.84. The van der Waals surface area contributed by atoms with E-state index in [1.807, 2.05) is 43.3 Å². The van der Waals surface area contributed by atoms with Gasteiger partial charge in [0.05, 0.1) is 12.8 Å². The van der Waals surface area contributed by atoms with Crippen molar-refractivity contribution in [3.63, 3.8) is 0 Å². The van der Waals surface area contributed by atoms with Gasteiger partial charge in [-0.3, -0.25) is 0 Å². The van der Waals surface area contributed by atoms with Gasteiger partial charge in [-0.05, 0) is 37.6 Å². The van der Waals surface area contributed by atoms with Gasteiger partial charge >= 0.3 is 0 Å². The van der Waals surface area contributed by atoms with Gasteiger partial charge in [-0.25, -0.2) is 4.98 Å². The first-order chi connectivity index (χ1) is 11.2. The molecule has 0 aliphatic heterocycles. The molecule has 0 amide bonds. The van der Waals surface area contributed by atoms with Crippen molar-refractivity contribution in [2.24, 2.45) is 0 Å². The fourth-order valence-electron chi connectivity index (χ4n) is 2.46. The van der Waals surface area contributed by atoms with Gasteiger partial charge in [0, 0.05) is 10.4 Å². The van der Waals surface area contributed by atoms with Gasteiger partial charge < -0.3 is 9.47 Å². The third kappa shape index (κ3) is 3.54. The third-order valence-corrected chi connectivity index (χ3v) is 4.56. The largest absolute Gasteiger partial charge is 0.496 e. The number of aryl methyl sites for hydroxylation is 2. The molecule has 0 fully saturated rings. The summed E-state index contributed by atoms with van der Waals surface area (Å²) in [5, 5.41) is 0.981. The van der Waals surface area contributed by atoms with Gasteiger partial charge in [-0.1, -0.05) is 30.3 Å². The molecule has 0 unspecified atom stereocenters. The van der Waals surface area contributed by atoms with Crippen molar-refractivity contribution < 1.29 is 9.47 Å². The predicted molar refractivity (Wildman–Crippen MR) is 94.4 cm³/mol. The van der Waals surface area contributed by atoms with Gasteiger partial charge in [0.15, 0.2) is 0 Å². The Hall–Kier alpha value is -2.33. The molecule has 0 aliphatic carbocycles.